The summed E-state index contributed by atoms with van der Waals surface area (Å²) in [4.78, 5) is 16.6. The maximum atomic E-state index is 12.3. The van der Waals surface area contributed by atoms with E-state index in [1.165, 1.54) is 5.56 Å². The van der Waals surface area contributed by atoms with Crippen LogP contribution in [-0.4, -0.2) is 19.0 Å². The van der Waals surface area contributed by atoms with Crippen molar-refractivity contribution in [2.75, 3.05) is 7.11 Å². The number of cyclic esters (lactones) is 1. The Morgan fingerprint density at radius 1 is 1.03 bits per heavy atom. The van der Waals surface area contributed by atoms with Gasteiger partial charge >= 0.3 is 5.97 Å². The highest BCUT2D eigenvalue weighted by atomic mass is 35.5. The molecule has 0 fully saturated rings. The number of esters is 1. The van der Waals surface area contributed by atoms with Crippen molar-refractivity contribution in [3.8, 4) is 11.5 Å². The highest BCUT2D eigenvalue weighted by molar-refractivity contribution is 6.34. The van der Waals surface area contributed by atoms with Crippen LogP contribution in [0.3, 0.4) is 0 Å². The minimum atomic E-state index is -0.534. The van der Waals surface area contributed by atoms with Crippen LogP contribution in [0, 0.1) is 6.92 Å². The van der Waals surface area contributed by atoms with E-state index < -0.39 is 5.97 Å². The van der Waals surface area contributed by atoms with E-state index in [1.807, 2.05) is 31.2 Å². The van der Waals surface area contributed by atoms with E-state index in [-0.39, 0.29) is 11.6 Å². The molecule has 0 saturated carbocycles. The molecule has 0 N–H and O–H groups in total. The SMILES string of the molecule is COc1cc(/C=C2/N=C(c3ccccc3Cl)OC2=O)ccc1OCc1cccc(C)c1. The highest BCUT2D eigenvalue weighted by Gasteiger charge is 2.25. The molecule has 0 radical (unpaired) electrons. The lowest BCUT2D eigenvalue weighted by atomic mass is 10.1. The summed E-state index contributed by atoms with van der Waals surface area (Å²) >= 11 is 6.18. The van der Waals surface area contributed by atoms with Crippen molar-refractivity contribution in [2.45, 2.75) is 13.5 Å². The summed E-state index contributed by atoms with van der Waals surface area (Å²) in [6.07, 6.45) is 1.64. The topological polar surface area (TPSA) is 57.1 Å². The van der Waals surface area contributed by atoms with Crippen LogP contribution in [0.25, 0.3) is 6.08 Å². The molecule has 156 valence electrons. The molecule has 4 rings (SSSR count). The molecule has 1 aliphatic heterocycles. The number of aliphatic imine (C=N–C) groups is 1. The van der Waals surface area contributed by atoms with Crippen LogP contribution in [0.1, 0.15) is 22.3 Å². The highest BCUT2D eigenvalue weighted by Crippen LogP contribution is 2.31. The molecule has 3 aromatic rings. The number of nitrogens with zero attached hydrogens (tertiary/aromatic N) is 1. The van der Waals surface area contributed by atoms with E-state index in [4.69, 9.17) is 25.8 Å². The van der Waals surface area contributed by atoms with Gasteiger partial charge in [0.15, 0.2) is 17.2 Å². The predicted molar refractivity (Wildman–Crippen MR) is 121 cm³/mol. The molecule has 3 aromatic carbocycles. The fourth-order valence-corrected chi connectivity index (χ4v) is 3.39. The standard InChI is InChI=1S/C25H20ClNO4/c1-16-6-5-7-18(12-16)15-30-22-11-10-17(14-23(22)29-2)13-21-25(28)31-24(27-21)19-8-3-4-9-20(19)26/h3-14H,15H2,1-2H3/b21-13+. The van der Waals surface area contributed by atoms with Crippen LogP contribution >= 0.6 is 11.6 Å². The number of ether oxygens (including phenoxy) is 3. The Bertz CT molecular complexity index is 1200. The number of hydrogen-bond acceptors (Lipinski definition) is 5. The van der Waals surface area contributed by atoms with Crippen molar-refractivity contribution >= 4 is 29.5 Å². The van der Waals surface area contributed by atoms with Gasteiger partial charge in [-0.25, -0.2) is 9.79 Å². The maximum absolute atomic E-state index is 12.3. The first-order chi connectivity index (χ1) is 15.0. The molecule has 6 heteroatoms. The van der Waals surface area contributed by atoms with Gasteiger partial charge in [-0.3, -0.25) is 0 Å². The van der Waals surface area contributed by atoms with E-state index in [0.717, 1.165) is 11.1 Å². The molecule has 31 heavy (non-hydrogen) atoms. The largest absolute Gasteiger partial charge is 0.493 e. The van der Waals surface area contributed by atoms with Gasteiger partial charge in [0, 0.05) is 0 Å². The van der Waals surface area contributed by atoms with Gasteiger partial charge in [-0.15, -0.1) is 0 Å². The predicted octanol–water partition coefficient (Wildman–Crippen LogP) is 5.58. The number of carbonyl (C=O) groups is 1. The molecule has 0 amide bonds. The lowest BCUT2D eigenvalue weighted by molar-refractivity contribution is -0.129. The molecule has 0 atom stereocenters. The van der Waals surface area contributed by atoms with E-state index in [9.17, 15) is 4.79 Å². The number of benzene rings is 3. The molecule has 0 saturated heterocycles. The number of aryl methyl sites for hydroxylation is 1. The second-order valence-electron chi connectivity index (χ2n) is 7.00. The fourth-order valence-electron chi connectivity index (χ4n) is 3.17. The van der Waals surface area contributed by atoms with Crippen molar-refractivity contribution in [3.63, 3.8) is 0 Å². The van der Waals surface area contributed by atoms with Crippen LogP contribution in [0.5, 0.6) is 11.5 Å². The molecule has 0 spiro atoms. The van der Waals surface area contributed by atoms with Crippen LogP contribution in [0.15, 0.2) is 77.4 Å². The van der Waals surface area contributed by atoms with Crippen molar-refractivity contribution < 1.29 is 19.0 Å². The molecule has 0 unspecified atom stereocenters. The van der Waals surface area contributed by atoms with Crippen LogP contribution in [0.2, 0.25) is 5.02 Å². The Balaban J connectivity index is 1.55. The minimum Gasteiger partial charge on any atom is -0.493 e. The third kappa shape index (κ3) is 4.78. The lowest BCUT2D eigenvalue weighted by Gasteiger charge is -2.12. The van der Waals surface area contributed by atoms with Gasteiger partial charge in [0.25, 0.3) is 0 Å². The zero-order valence-electron chi connectivity index (χ0n) is 17.1. The zero-order chi connectivity index (χ0) is 21.8. The van der Waals surface area contributed by atoms with Crippen molar-refractivity contribution in [2.24, 2.45) is 4.99 Å². The fraction of sp³-hybridized carbons (Fsp3) is 0.120. The second kappa shape index (κ2) is 9.06. The number of hydrogen-bond donors (Lipinski definition) is 0. The summed E-state index contributed by atoms with van der Waals surface area (Å²) in [5.74, 6) is 0.824. The van der Waals surface area contributed by atoms with Crippen molar-refractivity contribution in [1.29, 1.82) is 0 Å². The Hall–Kier alpha value is -3.57. The molecule has 0 aromatic heterocycles. The summed E-state index contributed by atoms with van der Waals surface area (Å²) in [7, 11) is 1.57. The van der Waals surface area contributed by atoms with Crippen LogP contribution in [0.4, 0.5) is 0 Å². The molecule has 1 heterocycles. The summed E-state index contributed by atoms with van der Waals surface area (Å²) in [6, 6.07) is 20.6. The van der Waals surface area contributed by atoms with E-state index in [0.29, 0.717) is 28.7 Å². The first-order valence-electron chi connectivity index (χ1n) is 9.67. The second-order valence-corrected chi connectivity index (χ2v) is 7.41. The van der Waals surface area contributed by atoms with Crippen molar-refractivity contribution in [1.82, 2.24) is 0 Å². The molecule has 1 aliphatic rings. The molecule has 0 bridgehead atoms. The van der Waals surface area contributed by atoms with E-state index in [2.05, 4.69) is 11.1 Å². The number of rotatable bonds is 6. The Morgan fingerprint density at radius 2 is 1.87 bits per heavy atom. The van der Waals surface area contributed by atoms with Gasteiger partial charge in [0.05, 0.1) is 17.7 Å². The number of methoxy groups -OCH3 is 1. The van der Waals surface area contributed by atoms with E-state index in [1.54, 1.807) is 49.6 Å². The maximum Gasteiger partial charge on any atom is 0.363 e. The van der Waals surface area contributed by atoms with Crippen LogP contribution in [-0.2, 0) is 16.1 Å². The third-order valence-corrected chi connectivity index (χ3v) is 5.02. The van der Waals surface area contributed by atoms with E-state index >= 15 is 0 Å². The Labute approximate surface area is 185 Å². The first kappa shape index (κ1) is 20.7. The van der Waals surface area contributed by atoms with Gasteiger partial charge < -0.3 is 14.2 Å². The van der Waals surface area contributed by atoms with Gasteiger partial charge in [0.1, 0.15) is 6.61 Å². The average Bonchev–Trinajstić information content (AvgIpc) is 3.13. The number of carbonyl (C=O) groups excluding carboxylic acids is 1. The summed E-state index contributed by atoms with van der Waals surface area (Å²) in [6.45, 7) is 2.47. The molecular weight excluding hydrogens is 414 g/mol. The lowest BCUT2D eigenvalue weighted by Crippen LogP contribution is -2.05. The normalized spacial score (nSPS) is 14.4. The first-order valence-corrected chi connectivity index (χ1v) is 10.0. The monoisotopic (exact) mass is 433 g/mol. The van der Waals surface area contributed by atoms with Gasteiger partial charge in [-0.05, 0) is 48.4 Å². The molecular formula is C25H20ClNO4. The van der Waals surface area contributed by atoms with Crippen LogP contribution < -0.4 is 9.47 Å². The smallest absolute Gasteiger partial charge is 0.363 e. The van der Waals surface area contributed by atoms with Gasteiger partial charge in [-0.2, -0.15) is 0 Å². The Kier molecular flexibility index (Phi) is 6.05. The summed E-state index contributed by atoms with van der Waals surface area (Å²) < 4.78 is 16.7. The average molecular weight is 434 g/mol. The van der Waals surface area contributed by atoms with Gasteiger partial charge in [-0.1, -0.05) is 59.6 Å². The van der Waals surface area contributed by atoms with Gasteiger partial charge in [0.2, 0.25) is 5.90 Å². The van der Waals surface area contributed by atoms with Crippen molar-refractivity contribution in [3.05, 3.63) is 99.7 Å². The summed E-state index contributed by atoms with van der Waals surface area (Å²) in [5, 5.41) is 0.465. The summed E-state index contributed by atoms with van der Waals surface area (Å²) in [5.41, 5.74) is 3.73. The third-order valence-electron chi connectivity index (χ3n) is 4.69. The molecule has 0 aliphatic carbocycles. The minimum absolute atomic E-state index is 0.186. The quantitative estimate of drug-likeness (QED) is 0.376. The zero-order valence-corrected chi connectivity index (χ0v) is 17.8. The Morgan fingerprint density at radius 3 is 2.65 bits per heavy atom. The number of halogens is 1. The molecule has 5 nitrogen and oxygen atoms in total.